The number of carbonyl (C=O) groups is 1. The second kappa shape index (κ2) is 13.0. The summed E-state index contributed by atoms with van der Waals surface area (Å²) < 4.78 is 50.7. The van der Waals surface area contributed by atoms with Crippen LogP contribution in [0.2, 0.25) is 0 Å². The number of nitrogens with one attached hydrogen (secondary N) is 1. The van der Waals surface area contributed by atoms with E-state index in [0.717, 1.165) is 11.1 Å². The fourth-order valence-corrected chi connectivity index (χ4v) is 8.95. The zero-order chi connectivity index (χ0) is 35.1. The van der Waals surface area contributed by atoms with Gasteiger partial charge in [-0.1, -0.05) is 51.5 Å². The number of nitrogens with zero attached hydrogens (tertiary/aromatic N) is 4. The molecule has 0 fully saturated rings. The van der Waals surface area contributed by atoms with Crippen LogP contribution in [0.1, 0.15) is 69.5 Å². The van der Waals surface area contributed by atoms with Gasteiger partial charge in [-0.2, -0.15) is 5.10 Å². The van der Waals surface area contributed by atoms with E-state index in [1.807, 2.05) is 38.1 Å². The molecule has 6 rings (SSSR count). The maximum Gasteiger partial charge on any atom is 0.306 e. The van der Waals surface area contributed by atoms with Crippen LogP contribution in [0.15, 0.2) is 61.1 Å². The number of H-pyrrole nitrogens is 1. The van der Waals surface area contributed by atoms with Gasteiger partial charge in [-0.25, -0.2) is 22.5 Å². The topological polar surface area (TPSA) is 140 Å². The number of carboxylic acids is 1. The molecule has 12 heteroatoms. The first kappa shape index (κ1) is 34.3. The van der Waals surface area contributed by atoms with Crippen LogP contribution in [0.4, 0.5) is 4.39 Å². The second-order valence-electron chi connectivity index (χ2n) is 14.3. The Morgan fingerprint density at radius 1 is 1.14 bits per heavy atom. The molecule has 3 aromatic heterocycles. The SMILES string of the molecule is C[C@@H](Cc1cccc([C@@]2(C)CCCC(C)(C)CS(=O)(=O)CCc3c(c(F)cc4[nH]ccc34)Oc3cncc(c3)-c3nc2nn3C)c1)C(=O)O. The minimum Gasteiger partial charge on any atom is -0.481 e. The standard InChI is InChI=1S/C37H42FN5O5S/c1-23(34(44)45)16-24-8-6-9-26(17-24)37(4)13-7-12-36(2,3)22-49(46,47)15-11-29-28-10-14-40-31(28)19-30(38)32(29)48-27-18-25(20-39-21-27)33-41-35(37)42-43(33)5/h6,8-10,14,17-21,23,40H,7,11-13,15-16,22H2,1-5H3,(H,44,45)/t23-,37+/m0/s1. The quantitative estimate of drug-likeness (QED) is 0.205. The van der Waals surface area contributed by atoms with E-state index in [0.29, 0.717) is 59.4 Å². The van der Waals surface area contributed by atoms with Crippen molar-refractivity contribution in [3.8, 4) is 22.9 Å². The highest BCUT2D eigenvalue weighted by Crippen LogP contribution is 2.40. The molecular weight excluding hydrogens is 646 g/mol. The monoisotopic (exact) mass is 687 g/mol. The van der Waals surface area contributed by atoms with Gasteiger partial charge in [0.15, 0.2) is 33.1 Å². The van der Waals surface area contributed by atoms with Crippen LogP contribution in [-0.2, 0) is 39.9 Å². The molecular formula is C37H42FN5O5S. The van der Waals surface area contributed by atoms with E-state index in [1.165, 1.54) is 12.3 Å². The number of rotatable bonds is 4. The number of benzene rings is 2. The van der Waals surface area contributed by atoms with Gasteiger partial charge in [0.1, 0.15) is 5.75 Å². The fraction of sp³-hybridized carbons (Fsp3) is 0.405. The Hall–Kier alpha value is -4.58. The molecule has 0 aliphatic carbocycles. The van der Waals surface area contributed by atoms with Crippen molar-refractivity contribution in [2.75, 3.05) is 11.5 Å². The lowest BCUT2D eigenvalue weighted by molar-refractivity contribution is -0.141. The summed E-state index contributed by atoms with van der Waals surface area (Å²) in [5, 5.41) is 15.1. The molecule has 1 aliphatic rings. The van der Waals surface area contributed by atoms with Crippen LogP contribution in [0.5, 0.6) is 11.5 Å². The van der Waals surface area contributed by atoms with Gasteiger partial charge in [0.05, 0.1) is 29.0 Å². The predicted molar refractivity (Wildman–Crippen MR) is 186 cm³/mol. The Kier molecular flexibility index (Phi) is 9.12. The maximum atomic E-state index is 15.6. The van der Waals surface area contributed by atoms with Gasteiger partial charge in [0.2, 0.25) is 0 Å². The molecule has 49 heavy (non-hydrogen) atoms. The van der Waals surface area contributed by atoms with Crippen molar-refractivity contribution in [2.45, 2.75) is 65.2 Å². The highest BCUT2D eigenvalue weighted by molar-refractivity contribution is 7.91. The first-order valence-electron chi connectivity index (χ1n) is 16.5. The second-order valence-corrected chi connectivity index (χ2v) is 16.5. The number of aryl methyl sites for hydroxylation is 2. The summed E-state index contributed by atoms with van der Waals surface area (Å²) in [6, 6.07) is 12.8. The molecule has 2 N–H and O–H groups in total. The zero-order valence-electron chi connectivity index (χ0n) is 28.5. The van der Waals surface area contributed by atoms with E-state index in [1.54, 1.807) is 43.2 Å². The highest BCUT2D eigenvalue weighted by atomic mass is 32.2. The fourth-order valence-electron chi connectivity index (χ4n) is 6.95. The van der Waals surface area contributed by atoms with Crippen molar-refractivity contribution >= 4 is 26.7 Å². The Morgan fingerprint density at radius 2 is 1.94 bits per heavy atom. The largest absolute Gasteiger partial charge is 0.481 e. The minimum absolute atomic E-state index is 0.0288. The zero-order valence-corrected chi connectivity index (χ0v) is 29.3. The lowest BCUT2D eigenvalue weighted by atomic mass is 9.75. The lowest BCUT2D eigenvalue weighted by Crippen LogP contribution is -2.29. The summed E-state index contributed by atoms with van der Waals surface area (Å²) in [6.07, 6.45) is 7.21. The number of halogens is 1. The Balaban J connectivity index is 1.47. The number of sulfone groups is 1. The number of aromatic amines is 1. The van der Waals surface area contributed by atoms with Crippen LogP contribution in [-0.4, -0.2) is 55.7 Å². The summed E-state index contributed by atoms with van der Waals surface area (Å²) in [5.41, 5.74) is 2.25. The summed E-state index contributed by atoms with van der Waals surface area (Å²) in [7, 11) is -1.75. The lowest BCUT2D eigenvalue weighted by Gasteiger charge is -2.31. The van der Waals surface area contributed by atoms with Crippen LogP contribution >= 0.6 is 0 Å². The third-order valence-corrected chi connectivity index (χ3v) is 11.7. The summed E-state index contributed by atoms with van der Waals surface area (Å²) in [6.45, 7) is 7.69. The molecule has 0 spiro atoms. The Labute approximate surface area is 285 Å². The molecule has 258 valence electrons. The maximum absolute atomic E-state index is 15.6. The third-order valence-electron chi connectivity index (χ3n) is 9.65. The molecule has 2 atom stereocenters. The number of ether oxygens (including phenoxy) is 1. The minimum atomic E-state index is -3.55. The van der Waals surface area contributed by atoms with Crippen molar-refractivity contribution in [3.05, 3.63) is 89.4 Å². The number of fused-ring (bicyclic) bond motifs is 8. The van der Waals surface area contributed by atoms with Gasteiger partial charge < -0.3 is 14.8 Å². The summed E-state index contributed by atoms with van der Waals surface area (Å²) in [5.74, 6) is -0.862. The Bertz CT molecular complexity index is 2140. The number of aliphatic carboxylic acids is 1. The smallest absolute Gasteiger partial charge is 0.306 e. The molecule has 10 nitrogen and oxygen atoms in total. The number of hydrogen-bond donors (Lipinski definition) is 2. The molecule has 0 saturated heterocycles. The van der Waals surface area contributed by atoms with Crippen LogP contribution in [0, 0.1) is 17.2 Å². The van der Waals surface area contributed by atoms with Gasteiger partial charge in [-0.15, -0.1) is 0 Å². The molecule has 5 aromatic rings. The van der Waals surface area contributed by atoms with Crippen molar-refractivity contribution in [2.24, 2.45) is 18.4 Å². The normalized spacial score (nSPS) is 20.0. The van der Waals surface area contributed by atoms with Gasteiger partial charge in [-0.3, -0.25) is 9.78 Å². The molecule has 4 heterocycles. The molecule has 1 aliphatic heterocycles. The van der Waals surface area contributed by atoms with Gasteiger partial charge in [0.25, 0.3) is 0 Å². The molecule has 0 radical (unpaired) electrons. The summed E-state index contributed by atoms with van der Waals surface area (Å²) >= 11 is 0. The van der Waals surface area contributed by atoms with E-state index in [-0.39, 0.29) is 29.4 Å². The predicted octanol–water partition coefficient (Wildman–Crippen LogP) is 7.03. The summed E-state index contributed by atoms with van der Waals surface area (Å²) in [4.78, 5) is 24.1. The van der Waals surface area contributed by atoms with Gasteiger partial charge >= 0.3 is 5.97 Å². The molecule has 4 bridgehead atoms. The Morgan fingerprint density at radius 3 is 2.71 bits per heavy atom. The number of hydrogen-bond acceptors (Lipinski definition) is 7. The van der Waals surface area contributed by atoms with Crippen LogP contribution in [0.3, 0.4) is 0 Å². The average Bonchev–Trinajstić information content (AvgIpc) is 3.66. The van der Waals surface area contributed by atoms with Crippen LogP contribution in [0.25, 0.3) is 22.3 Å². The van der Waals surface area contributed by atoms with E-state index in [2.05, 4.69) is 16.9 Å². The van der Waals surface area contributed by atoms with E-state index in [4.69, 9.17) is 14.8 Å². The van der Waals surface area contributed by atoms with Gasteiger partial charge in [0, 0.05) is 47.5 Å². The van der Waals surface area contributed by atoms with Gasteiger partial charge in [-0.05, 0) is 61.3 Å². The van der Waals surface area contributed by atoms with Crippen molar-refractivity contribution < 1.29 is 27.4 Å². The van der Waals surface area contributed by atoms with E-state index < -0.39 is 38.4 Å². The number of pyridine rings is 1. The molecule has 2 aromatic carbocycles. The van der Waals surface area contributed by atoms with Crippen molar-refractivity contribution in [1.29, 1.82) is 0 Å². The van der Waals surface area contributed by atoms with Crippen molar-refractivity contribution in [3.63, 3.8) is 0 Å². The number of carboxylic acid groups (broad SMARTS) is 1. The first-order chi connectivity index (χ1) is 23.1. The third kappa shape index (κ3) is 7.24. The average molecular weight is 688 g/mol. The van der Waals surface area contributed by atoms with E-state index in [9.17, 15) is 18.3 Å². The molecule has 0 saturated carbocycles. The van der Waals surface area contributed by atoms with Crippen molar-refractivity contribution in [1.82, 2.24) is 24.7 Å². The van der Waals surface area contributed by atoms with Crippen LogP contribution < -0.4 is 4.74 Å². The number of aromatic nitrogens is 5. The van der Waals surface area contributed by atoms with E-state index >= 15 is 4.39 Å². The molecule has 0 unspecified atom stereocenters. The highest BCUT2D eigenvalue weighted by Gasteiger charge is 2.36. The first-order valence-corrected chi connectivity index (χ1v) is 18.3. The molecule has 0 amide bonds.